The van der Waals surface area contributed by atoms with Gasteiger partial charge in [-0.25, -0.2) is 0 Å². The molecule has 104 valence electrons. The number of ether oxygens (including phenoxy) is 2. The zero-order valence-corrected chi connectivity index (χ0v) is 11.4. The third-order valence-electron chi connectivity index (χ3n) is 4.09. The third-order valence-corrected chi connectivity index (χ3v) is 4.09. The standard InChI is InChI=1S/C13H24N2O3/c1-14-5-3-11(4-6-14)12(13(16)17-2)15-7-9-18-10-8-15/h11-12H,3-10H2,1-2H3. The largest absolute Gasteiger partial charge is 0.468 e. The van der Waals surface area contributed by atoms with Crippen LogP contribution in [0.5, 0.6) is 0 Å². The summed E-state index contributed by atoms with van der Waals surface area (Å²) in [5.74, 6) is 0.346. The Kier molecular flexibility index (Phi) is 4.97. The Morgan fingerprint density at radius 3 is 2.39 bits per heavy atom. The van der Waals surface area contributed by atoms with E-state index in [9.17, 15) is 4.79 Å². The van der Waals surface area contributed by atoms with Crippen LogP contribution in [0, 0.1) is 5.92 Å². The van der Waals surface area contributed by atoms with E-state index in [0.717, 1.165) is 52.2 Å². The molecule has 0 bridgehead atoms. The van der Waals surface area contributed by atoms with Gasteiger partial charge < -0.3 is 14.4 Å². The van der Waals surface area contributed by atoms with Crippen LogP contribution >= 0.6 is 0 Å². The van der Waals surface area contributed by atoms with Crippen LogP contribution in [0.1, 0.15) is 12.8 Å². The summed E-state index contributed by atoms with van der Waals surface area (Å²) < 4.78 is 10.4. The van der Waals surface area contributed by atoms with Crippen molar-refractivity contribution in [1.82, 2.24) is 9.80 Å². The molecular weight excluding hydrogens is 232 g/mol. The van der Waals surface area contributed by atoms with E-state index in [0.29, 0.717) is 5.92 Å². The van der Waals surface area contributed by atoms with E-state index in [1.807, 2.05) is 0 Å². The lowest BCUT2D eigenvalue weighted by atomic mass is 9.88. The van der Waals surface area contributed by atoms with E-state index >= 15 is 0 Å². The van der Waals surface area contributed by atoms with Crippen molar-refractivity contribution >= 4 is 5.97 Å². The lowest BCUT2D eigenvalue weighted by Gasteiger charge is -2.40. The van der Waals surface area contributed by atoms with Crippen molar-refractivity contribution in [3.8, 4) is 0 Å². The Balaban J connectivity index is 2.01. The number of carbonyl (C=O) groups is 1. The van der Waals surface area contributed by atoms with Crippen LogP contribution in [0.25, 0.3) is 0 Å². The van der Waals surface area contributed by atoms with Crippen LogP contribution in [0.15, 0.2) is 0 Å². The number of hydrogen-bond donors (Lipinski definition) is 0. The highest BCUT2D eigenvalue weighted by atomic mass is 16.5. The Labute approximate surface area is 109 Å². The minimum atomic E-state index is -0.0774. The summed E-state index contributed by atoms with van der Waals surface area (Å²) in [6.45, 7) is 5.27. The maximum absolute atomic E-state index is 12.1. The molecule has 2 rings (SSSR count). The average Bonchev–Trinajstić information content (AvgIpc) is 2.42. The predicted octanol–water partition coefficient (Wildman–Crippen LogP) is 0.202. The smallest absolute Gasteiger partial charge is 0.323 e. The second kappa shape index (κ2) is 6.50. The van der Waals surface area contributed by atoms with Gasteiger partial charge >= 0.3 is 5.97 Å². The van der Waals surface area contributed by atoms with Gasteiger partial charge in [0.15, 0.2) is 0 Å². The van der Waals surface area contributed by atoms with E-state index < -0.39 is 0 Å². The molecule has 2 saturated heterocycles. The van der Waals surface area contributed by atoms with Gasteiger partial charge in [0, 0.05) is 13.1 Å². The number of esters is 1. The molecule has 0 radical (unpaired) electrons. The minimum absolute atomic E-state index is 0.0763. The molecule has 1 unspecified atom stereocenters. The summed E-state index contributed by atoms with van der Waals surface area (Å²) in [6, 6.07) is -0.0763. The fourth-order valence-electron chi connectivity index (χ4n) is 2.96. The molecule has 0 aromatic heterocycles. The molecule has 2 aliphatic rings. The van der Waals surface area contributed by atoms with Crippen molar-refractivity contribution in [2.45, 2.75) is 18.9 Å². The Bertz CT molecular complexity index is 271. The maximum atomic E-state index is 12.1. The maximum Gasteiger partial charge on any atom is 0.323 e. The molecule has 2 aliphatic heterocycles. The molecule has 5 heteroatoms. The highest BCUT2D eigenvalue weighted by Gasteiger charge is 2.36. The normalized spacial score (nSPS) is 25.9. The van der Waals surface area contributed by atoms with E-state index in [1.165, 1.54) is 7.11 Å². The summed E-state index contributed by atoms with van der Waals surface area (Å²) >= 11 is 0. The molecule has 0 N–H and O–H groups in total. The van der Waals surface area contributed by atoms with Gasteiger partial charge in [0.25, 0.3) is 0 Å². The number of hydrogen-bond acceptors (Lipinski definition) is 5. The lowest BCUT2D eigenvalue weighted by Crippen LogP contribution is -2.53. The van der Waals surface area contributed by atoms with Crippen LogP contribution in [0.2, 0.25) is 0 Å². The van der Waals surface area contributed by atoms with Gasteiger partial charge in [-0.05, 0) is 38.9 Å². The first kappa shape index (κ1) is 13.8. The summed E-state index contributed by atoms with van der Waals surface area (Å²) in [7, 11) is 3.63. The molecule has 0 spiro atoms. The van der Waals surface area contributed by atoms with Crippen molar-refractivity contribution in [2.75, 3.05) is 53.6 Å². The molecule has 2 heterocycles. The van der Waals surface area contributed by atoms with Crippen molar-refractivity contribution in [1.29, 1.82) is 0 Å². The lowest BCUT2D eigenvalue weighted by molar-refractivity contribution is -0.152. The first-order valence-electron chi connectivity index (χ1n) is 6.80. The molecule has 0 aromatic rings. The zero-order chi connectivity index (χ0) is 13.0. The molecule has 0 aliphatic carbocycles. The molecule has 0 aromatic carbocycles. The first-order chi connectivity index (χ1) is 8.72. The van der Waals surface area contributed by atoms with Crippen molar-refractivity contribution in [3.63, 3.8) is 0 Å². The number of piperidine rings is 1. The fourth-order valence-corrected chi connectivity index (χ4v) is 2.96. The fraction of sp³-hybridized carbons (Fsp3) is 0.923. The minimum Gasteiger partial charge on any atom is -0.468 e. The van der Waals surface area contributed by atoms with Gasteiger partial charge in [-0.1, -0.05) is 0 Å². The monoisotopic (exact) mass is 256 g/mol. The number of likely N-dealkylation sites (tertiary alicyclic amines) is 1. The van der Waals surface area contributed by atoms with Gasteiger partial charge in [-0.3, -0.25) is 9.69 Å². The summed E-state index contributed by atoms with van der Waals surface area (Å²) in [5.41, 5.74) is 0. The van der Waals surface area contributed by atoms with Crippen molar-refractivity contribution < 1.29 is 14.3 Å². The van der Waals surface area contributed by atoms with Crippen LogP contribution in [0.3, 0.4) is 0 Å². The number of methoxy groups -OCH3 is 1. The Hall–Kier alpha value is -0.650. The quantitative estimate of drug-likeness (QED) is 0.675. The molecule has 0 saturated carbocycles. The van der Waals surface area contributed by atoms with Crippen LogP contribution < -0.4 is 0 Å². The van der Waals surface area contributed by atoms with E-state index in [4.69, 9.17) is 9.47 Å². The highest BCUT2D eigenvalue weighted by molar-refractivity contribution is 5.76. The molecular formula is C13H24N2O3. The number of nitrogens with zero attached hydrogens (tertiary/aromatic N) is 2. The molecule has 5 nitrogen and oxygen atoms in total. The molecule has 18 heavy (non-hydrogen) atoms. The Morgan fingerprint density at radius 1 is 1.22 bits per heavy atom. The van der Waals surface area contributed by atoms with Crippen molar-refractivity contribution in [2.24, 2.45) is 5.92 Å². The van der Waals surface area contributed by atoms with Crippen LogP contribution in [-0.2, 0) is 14.3 Å². The van der Waals surface area contributed by atoms with E-state index in [1.54, 1.807) is 0 Å². The summed E-state index contributed by atoms with van der Waals surface area (Å²) in [6.07, 6.45) is 2.15. The average molecular weight is 256 g/mol. The van der Waals surface area contributed by atoms with Crippen LogP contribution in [0.4, 0.5) is 0 Å². The SMILES string of the molecule is COC(=O)C(C1CCN(C)CC1)N1CCOCC1. The summed E-state index contributed by atoms with van der Waals surface area (Å²) in [5, 5.41) is 0. The summed E-state index contributed by atoms with van der Waals surface area (Å²) in [4.78, 5) is 16.6. The highest BCUT2D eigenvalue weighted by Crippen LogP contribution is 2.25. The van der Waals surface area contributed by atoms with Gasteiger partial charge in [0.2, 0.25) is 0 Å². The van der Waals surface area contributed by atoms with Gasteiger partial charge in [0.05, 0.1) is 20.3 Å². The topological polar surface area (TPSA) is 42.0 Å². The Morgan fingerprint density at radius 2 is 1.83 bits per heavy atom. The number of morpholine rings is 1. The molecule has 1 atom stereocenters. The van der Waals surface area contributed by atoms with Gasteiger partial charge in [-0.2, -0.15) is 0 Å². The second-order valence-corrected chi connectivity index (χ2v) is 5.26. The number of carbonyl (C=O) groups excluding carboxylic acids is 1. The third kappa shape index (κ3) is 3.22. The number of rotatable bonds is 3. The van der Waals surface area contributed by atoms with E-state index in [-0.39, 0.29) is 12.0 Å². The van der Waals surface area contributed by atoms with Crippen LogP contribution in [-0.4, -0.2) is 75.4 Å². The van der Waals surface area contributed by atoms with Gasteiger partial charge in [0.1, 0.15) is 6.04 Å². The predicted molar refractivity (Wildman–Crippen MR) is 68.4 cm³/mol. The molecule has 0 amide bonds. The zero-order valence-electron chi connectivity index (χ0n) is 11.4. The van der Waals surface area contributed by atoms with E-state index in [2.05, 4.69) is 16.8 Å². The van der Waals surface area contributed by atoms with Crippen molar-refractivity contribution in [3.05, 3.63) is 0 Å². The molecule has 2 fully saturated rings. The first-order valence-corrected chi connectivity index (χ1v) is 6.80. The van der Waals surface area contributed by atoms with Gasteiger partial charge in [-0.15, -0.1) is 0 Å². The second-order valence-electron chi connectivity index (χ2n) is 5.26.